The van der Waals surface area contributed by atoms with Crippen molar-refractivity contribution in [3.63, 3.8) is 0 Å². The van der Waals surface area contributed by atoms with Gasteiger partial charge in [0.05, 0.1) is 23.8 Å². The van der Waals surface area contributed by atoms with Crippen LogP contribution in [-0.2, 0) is 20.2 Å². The van der Waals surface area contributed by atoms with E-state index in [0.717, 1.165) is 11.1 Å². The van der Waals surface area contributed by atoms with Gasteiger partial charge in [0.25, 0.3) is 20.2 Å². The molecule has 0 amide bonds. The average molecular weight is 627 g/mol. The summed E-state index contributed by atoms with van der Waals surface area (Å²) >= 11 is 0. The lowest BCUT2D eigenvalue weighted by molar-refractivity contribution is 0.480. The highest BCUT2D eigenvalue weighted by Crippen LogP contribution is 2.26. The van der Waals surface area contributed by atoms with Crippen molar-refractivity contribution in [2.45, 2.75) is 9.79 Å². The fourth-order valence-corrected chi connectivity index (χ4v) is 5.86. The fourth-order valence-electron chi connectivity index (χ4n) is 4.45. The second-order valence-electron chi connectivity index (χ2n) is 9.50. The average Bonchev–Trinajstić information content (AvgIpc) is 3.71. The molecule has 0 bridgehead atoms. The first kappa shape index (κ1) is 28.8. The number of benzene rings is 4. The van der Waals surface area contributed by atoms with Gasteiger partial charge in [-0.3, -0.25) is 9.11 Å². The molecule has 0 aliphatic heterocycles. The van der Waals surface area contributed by atoms with Crippen molar-refractivity contribution in [2.24, 2.45) is 0 Å². The van der Waals surface area contributed by atoms with Crippen LogP contribution in [0.1, 0.15) is 11.1 Å². The standard InChI is InChI=1S/C30H22N6O6S2/c37-43(38,39)29-17-25(35-31-19-27(33-35)21-7-3-1-4-8-21)15-13-23(29)11-12-24-14-16-26(18-30(24)44(40,41)42)36-32-20-28(34-36)22-9-5-2-6-10-22/h1-20H,(H,37,38,39)(H,40,41,42)/b12-11-. The van der Waals surface area contributed by atoms with Gasteiger partial charge in [-0.1, -0.05) is 84.9 Å². The SMILES string of the molecule is O=S(=O)(O)c1cc(-n2ncc(-c3ccccc3)n2)ccc1/C=C\c1ccc(-n2ncc(-c3ccccc3)n2)cc1S(=O)(=O)O. The lowest BCUT2D eigenvalue weighted by Crippen LogP contribution is -2.06. The lowest BCUT2D eigenvalue weighted by atomic mass is 10.1. The van der Waals surface area contributed by atoms with Crippen LogP contribution < -0.4 is 0 Å². The minimum Gasteiger partial charge on any atom is -0.282 e. The highest BCUT2D eigenvalue weighted by Gasteiger charge is 2.19. The molecule has 2 heterocycles. The molecule has 0 aliphatic carbocycles. The fraction of sp³-hybridized carbons (Fsp3) is 0. The first-order valence-corrected chi connectivity index (χ1v) is 15.8. The second-order valence-corrected chi connectivity index (χ2v) is 12.3. The van der Waals surface area contributed by atoms with Gasteiger partial charge >= 0.3 is 0 Å². The van der Waals surface area contributed by atoms with E-state index in [-0.39, 0.29) is 22.5 Å². The monoisotopic (exact) mass is 626 g/mol. The molecule has 0 fully saturated rings. The van der Waals surface area contributed by atoms with Crippen molar-refractivity contribution >= 4 is 32.4 Å². The molecule has 220 valence electrons. The summed E-state index contributed by atoms with van der Waals surface area (Å²) in [6.45, 7) is 0. The molecule has 0 spiro atoms. The van der Waals surface area contributed by atoms with Gasteiger partial charge in [0.2, 0.25) is 0 Å². The van der Waals surface area contributed by atoms with Crippen LogP contribution in [0.5, 0.6) is 0 Å². The summed E-state index contributed by atoms with van der Waals surface area (Å²) in [5, 5.41) is 17.2. The van der Waals surface area contributed by atoms with E-state index in [1.807, 2.05) is 60.7 Å². The Morgan fingerprint density at radius 2 is 0.932 bits per heavy atom. The van der Waals surface area contributed by atoms with Crippen LogP contribution in [0.15, 0.2) is 119 Å². The number of rotatable bonds is 8. The van der Waals surface area contributed by atoms with Crippen molar-refractivity contribution in [2.75, 3.05) is 0 Å². The summed E-state index contributed by atoms with van der Waals surface area (Å²) in [4.78, 5) is 1.55. The van der Waals surface area contributed by atoms with Crippen LogP contribution in [0.2, 0.25) is 0 Å². The van der Waals surface area contributed by atoms with Crippen LogP contribution in [0, 0.1) is 0 Å². The summed E-state index contributed by atoms with van der Waals surface area (Å²) in [5.74, 6) is 0. The maximum atomic E-state index is 12.3. The topological polar surface area (TPSA) is 170 Å². The van der Waals surface area contributed by atoms with Crippen LogP contribution in [0.3, 0.4) is 0 Å². The Morgan fingerprint density at radius 1 is 0.545 bits per heavy atom. The quantitative estimate of drug-likeness (QED) is 0.176. The molecular formula is C30H22N6O6S2. The zero-order chi connectivity index (χ0) is 30.9. The number of hydrogen-bond donors (Lipinski definition) is 2. The van der Waals surface area contributed by atoms with Crippen molar-refractivity contribution in [1.29, 1.82) is 0 Å². The Morgan fingerprint density at radius 3 is 1.30 bits per heavy atom. The smallest absolute Gasteiger partial charge is 0.282 e. The van der Waals surface area contributed by atoms with Crippen LogP contribution in [0.25, 0.3) is 46.0 Å². The van der Waals surface area contributed by atoms with Gasteiger partial charge in [0.1, 0.15) is 21.2 Å². The Bertz CT molecular complexity index is 2070. The van der Waals surface area contributed by atoms with Gasteiger partial charge in [0.15, 0.2) is 0 Å². The minimum atomic E-state index is -4.72. The van der Waals surface area contributed by atoms with Gasteiger partial charge < -0.3 is 0 Å². The molecule has 0 saturated heterocycles. The highest BCUT2D eigenvalue weighted by atomic mass is 32.2. The van der Waals surface area contributed by atoms with Gasteiger partial charge in [-0.15, -0.1) is 10.2 Å². The number of nitrogens with zero attached hydrogens (tertiary/aromatic N) is 6. The molecule has 0 aliphatic rings. The van der Waals surface area contributed by atoms with E-state index < -0.39 is 30.0 Å². The second kappa shape index (κ2) is 11.4. The molecule has 44 heavy (non-hydrogen) atoms. The van der Waals surface area contributed by atoms with Gasteiger partial charge in [-0.2, -0.15) is 36.6 Å². The van der Waals surface area contributed by atoms with Crippen molar-refractivity contribution in [3.8, 4) is 33.9 Å². The molecule has 0 unspecified atom stereocenters. The normalized spacial score (nSPS) is 12.1. The molecule has 0 saturated carbocycles. The van der Waals surface area contributed by atoms with Gasteiger partial charge in [0, 0.05) is 11.1 Å². The van der Waals surface area contributed by atoms with E-state index in [2.05, 4.69) is 20.4 Å². The molecule has 12 nitrogen and oxygen atoms in total. The van der Waals surface area contributed by atoms with Crippen molar-refractivity contribution in [1.82, 2.24) is 30.0 Å². The zero-order valence-electron chi connectivity index (χ0n) is 22.6. The molecule has 6 aromatic rings. The number of aromatic nitrogens is 6. The molecule has 14 heteroatoms. The molecule has 6 rings (SSSR count). The third-order valence-corrected chi connectivity index (χ3v) is 8.40. The third-order valence-electron chi connectivity index (χ3n) is 6.58. The maximum absolute atomic E-state index is 12.3. The van der Waals surface area contributed by atoms with Crippen LogP contribution >= 0.6 is 0 Å². The summed E-state index contributed by atoms with van der Waals surface area (Å²) in [7, 11) is -9.45. The molecule has 2 N–H and O–H groups in total. The lowest BCUT2D eigenvalue weighted by Gasteiger charge is -2.08. The molecular weight excluding hydrogens is 605 g/mol. The zero-order valence-corrected chi connectivity index (χ0v) is 24.2. The molecule has 0 radical (unpaired) electrons. The van der Waals surface area contributed by atoms with E-state index in [1.165, 1.54) is 58.4 Å². The molecule has 0 atom stereocenters. The van der Waals surface area contributed by atoms with E-state index in [1.54, 1.807) is 12.1 Å². The Kier molecular flexibility index (Phi) is 7.48. The first-order chi connectivity index (χ1) is 21.1. The summed E-state index contributed by atoms with van der Waals surface area (Å²) in [5.41, 5.74) is 3.39. The predicted molar refractivity (Wildman–Crippen MR) is 162 cm³/mol. The predicted octanol–water partition coefficient (Wildman–Crippen LogP) is 4.85. The summed E-state index contributed by atoms with van der Waals surface area (Å²) in [6, 6.07) is 26.9. The molecule has 4 aromatic carbocycles. The third kappa shape index (κ3) is 6.09. The van der Waals surface area contributed by atoms with E-state index in [4.69, 9.17) is 0 Å². The first-order valence-electron chi connectivity index (χ1n) is 12.9. The van der Waals surface area contributed by atoms with E-state index in [9.17, 15) is 25.9 Å². The Hall–Kier alpha value is -5.28. The van der Waals surface area contributed by atoms with Crippen molar-refractivity contribution < 1.29 is 25.9 Å². The Balaban J connectivity index is 1.34. The molecule has 2 aromatic heterocycles. The maximum Gasteiger partial charge on any atom is 0.295 e. The minimum absolute atomic E-state index is 0.0540. The van der Waals surface area contributed by atoms with E-state index >= 15 is 0 Å². The van der Waals surface area contributed by atoms with Crippen molar-refractivity contribution in [3.05, 3.63) is 121 Å². The van der Waals surface area contributed by atoms with Crippen LogP contribution in [-0.4, -0.2) is 55.9 Å². The van der Waals surface area contributed by atoms with Crippen LogP contribution in [0.4, 0.5) is 0 Å². The largest absolute Gasteiger partial charge is 0.295 e. The Labute approximate surface area is 252 Å². The summed E-state index contributed by atoms with van der Waals surface area (Å²) < 4.78 is 69.3. The number of hydrogen-bond acceptors (Lipinski definition) is 8. The van der Waals surface area contributed by atoms with Gasteiger partial charge in [-0.05, 0) is 35.4 Å². The summed E-state index contributed by atoms with van der Waals surface area (Å²) in [6.07, 6.45) is 5.67. The highest BCUT2D eigenvalue weighted by molar-refractivity contribution is 7.86. The van der Waals surface area contributed by atoms with Gasteiger partial charge in [-0.25, -0.2) is 0 Å². The van der Waals surface area contributed by atoms with E-state index in [0.29, 0.717) is 11.4 Å².